The second-order valence-corrected chi connectivity index (χ2v) is 4.47. The van der Waals surface area contributed by atoms with Gasteiger partial charge in [0.25, 0.3) is 5.91 Å². The Balaban J connectivity index is 1.50. The van der Waals surface area contributed by atoms with Gasteiger partial charge in [0.2, 0.25) is 0 Å². The maximum absolute atomic E-state index is 11.8. The first-order valence-corrected chi connectivity index (χ1v) is 6.05. The van der Waals surface area contributed by atoms with E-state index in [1.165, 1.54) is 0 Å². The van der Waals surface area contributed by atoms with Crippen molar-refractivity contribution in [3.63, 3.8) is 0 Å². The van der Waals surface area contributed by atoms with Gasteiger partial charge in [0, 0.05) is 36.8 Å². The molecule has 94 valence electrons. The molecular weight excluding hydrogens is 232 g/mol. The van der Waals surface area contributed by atoms with Crippen LogP contribution in [0.25, 0.3) is 0 Å². The summed E-state index contributed by atoms with van der Waals surface area (Å²) in [5.41, 5.74) is 1.36. The molecule has 0 spiro atoms. The van der Waals surface area contributed by atoms with Crippen molar-refractivity contribution in [2.75, 3.05) is 6.54 Å². The molecule has 6 heteroatoms. The summed E-state index contributed by atoms with van der Waals surface area (Å²) >= 11 is 0. The van der Waals surface area contributed by atoms with Crippen LogP contribution in [0.15, 0.2) is 23.1 Å². The van der Waals surface area contributed by atoms with E-state index in [0.717, 1.165) is 30.7 Å². The lowest BCUT2D eigenvalue weighted by Crippen LogP contribution is -2.26. The van der Waals surface area contributed by atoms with Gasteiger partial charge < -0.3 is 14.8 Å². The van der Waals surface area contributed by atoms with Gasteiger partial charge in [0.05, 0.1) is 6.33 Å². The van der Waals surface area contributed by atoms with Crippen LogP contribution in [0.1, 0.15) is 40.7 Å². The molecule has 3 rings (SSSR count). The molecule has 1 saturated carbocycles. The number of carbonyl (C=O) groups is 1. The van der Waals surface area contributed by atoms with E-state index in [2.05, 4.69) is 20.4 Å². The van der Waals surface area contributed by atoms with Crippen LogP contribution in [0.2, 0.25) is 0 Å². The third kappa shape index (κ3) is 2.42. The fraction of sp³-hybridized carbons (Fsp3) is 0.417. The van der Waals surface area contributed by atoms with Crippen molar-refractivity contribution in [1.29, 1.82) is 0 Å². The third-order valence-electron chi connectivity index (χ3n) is 2.98. The second kappa shape index (κ2) is 4.64. The average molecular weight is 246 g/mol. The predicted molar refractivity (Wildman–Crippen MR) is 63.1 cm³/mol. The molecule has 2 N–H and O–H groups in total. The Kier molecular flexibility index (Phi) is 2.84. The molecule has 2 aromatic heterocycles. The zero-order valence-corrected chi connectivity index (χ0v) is 9.85. The minimum Gasteiger partial charge on any atom is -0.360 e. The number of imidazole rings is 1. The Hall–Kier alpha value is -2.11. The van der Waals surface area contributed by atoms with Crippen LogP contribution in [0, 0.1) is 0 Å². The van der Waals surface area contributed by atoms with Crippen LogP contribution >= 0.6 is 0 Å². The Morgan fingerprint density at radius 2 is 2.44 bits per heavy atom. The molecule has 0 aromatic carbocycles. The van der Waals surface area contributed by atoms with E-state index in [1.807, 2.05) is 0 Å². The Morgan fingerprint density at radius 3 is 3.17 bits per heavy atom. The summed E-state index contributed by atoms with van der Waals surface area (Å²) in [7, 11) is 0. The molecule has 1 amide bonds. The zero-order chi connectivity index (χ0) is 12.4. The van der Waals surface area contributed by atoms with Gasteiger partial charge in [-0.25, -0.2) is 4.98 Å². The molecule has 18 heavy (non-hydrogen) atoms. The molecule has 2 aromatic rings. The second-order valence-electron chi connectivity index (χ2n) is 4.47. The lowest BCUT2D eigenvalue weighted by Gasteiger charge is -2.00. The highest BCUT2D eigenvalue weighted by Gasteiger charge is 2.28. The molecule has 1 aliphatic rings. The first-order valence-electron chi connectivity index (χ1n) is 6.05. The van der Waals surface area contributed by atoms with E-state index in [-0.39, 0.29) is 5.91 Å². The van der Waals surface area contributed by atoms with Gasteiger partial charge in [-0.1, -0.05) is 5.16 Å². The van der Waals surface area contributed by atoms with Crippen molar-refractivity contribution >= 4 is 5.91 Å². The Labute approximate surface area is 104 Å². The normalized spacial score (nSPS) is 14.7. The van der Waals surface area contributed by atoms with Gasteiger partial charge >= 0.3 is 0 Å². The van der Waals surface area contributed by atoms with Crippen molar-refractivity contribution in [3.8, 4) is 0 Å². The van der Waals surface area contributed by atoms with Gasteiger partial charge in [-0.2, -0.15) is 0 Å². The average Bonchev–Trinajstić information content (AvgIpc) is 2.92. The van der Waals surface area contributed by atoms with Crippen molar-refractivity contribution in [2.45, 2.75) is 25.2 Å². The molecule has 0 saturated heterocycles. The van der Waals surface area contributed by atoms with E-state index in [1.54, 1.807) is 18.6 Å². The molecular formula is C12H14N4O2. The number of carbonyl (C=O) groups excluding carboxylic acids is 1. The van der Waals surface area contributed by atoms with Crippen LogP contribution in [0.4, 0.5) is 0 Å². The van der Waals surface area contributed by atoms with E-state index in [4.69, 9.17) is 4.52 Å². The summed E-state index contributed by atoms with van der Waals surface area (Å²) in [4.78, 5) is 18.7. The third-order valence-corrected chi connectivity index (χ3v) is 2.98. The van der Waals surface area contributed by atoms with E-state index < -0.39 is 0 Å². The van der Waals surface area contributed by atoms with Crippen LogP contribution in [0.3, 0.4) is 0 Å². The quantitative estimate of drug-likeness (QED) is 0.831. The molecule has 0 atom stereocenters. The van der Waals surface area contributed by atoms with Gasteiger partial charge in [-0.3, -0.25) is 4.79 Å². The number of hydrogen-bond acceptors (Lipinski definition) is 4. The Morgan fingerprint density at radius 1 is 1.56 bits per heavy atom. The SMILES string of the molecule is O=C(NCCc1cnc[nH]1)c1cc(C2CC2)on1. The number of aromatic nitrogens is 3. The van der Waals surface area contributed by atoms with Crippen LogP contribution in [0.5, 0.6) is 0 Å². The number of amides is 1. The van der Waals surface area contributed by atoms with Crippen LogP contribution in [-0.2, 0) is 6.42 Å². The number of nitrogens with zero attached hydrogens (tertiary/aromatic N) is 2. The summed E-state index contributed by atoms with van der Waals surface area (Å²) in [6.45, 7) is 0.548. The molecule has 1 fully saturated rings. The molecule has 0 radical (unpaired) electrons. The maximum Gasteiger partial charge on any atom is 0.273 e. The first-order chi connectivity index (χ1) is 8.83. The summed E-state index contributed by atoms with van der Waals surface area (Å²) in [5, 5.41) is 6.59. The summed E-state index contributed by atoms with van der Waals surface area (Å²) in [6, 6.07) is 1.74. The van der Waals surface area contributed by atoms with Gasteiger partial charge in [-0.15, -0.1) is 0 Å². The zero-order valence-electron chi connectivity index (χ0n) is 9.85. The first kappa shape index (κ1) is 11.0. The van der Waals surface area contributed by atoms with Gasteiger partial charge in [-0.05, 0) is 12.8 Å². The van der Waals surface area contributed by atoms with Crippen molar-refractivity contribution in [1.82, 2.24) is 20.4 Å². The summed E-state index contributed by atoms with van der Waals surface area (Å²) in [5.74, 6) is 1.11. The number of rotatable bonds is 5. The van der Waals surface area contributed by atoms with Crippen molar-refractivity contribution < 1.29 is 9.32 Å². The number of H-pyrrole nitrogens is 1. The highest BCUT2D eigenvalue weighted by atomic mass is 16.5. The molecule has 1 aliphatic carbocycles. The largest absolute Gasteiger partial charge is 0.360 e. The van der Waals surface area contributed by atoms with Crippen LogP contribution in [-0.4, -0.2) is 27.6 Å². The lowest BCUT2D eigenvalue weighted by atomic mass is 10.2. The molecule has 2 heterocycles. The maximum atomic E-state index is 11.8. The molecule has 6 nitrogen and oxygen atoms in total. The molecule has 0 aliphatic heterocycles. The minimum absolute atomic E-state index is 0.190. The van der Waals surface area contributed by atoms with E-state index in [0.29, 0.717) is 18.2 Å². The van der Waals surface area contributed by atoms with E-state index in [9.17, 15) is 4.79 Å². The fourth-order valence-electron chi connectivity index (χ4n) is 1.78. The predicted octanol–water partition coefficient (Wildman–Crippen LogP) is 1.25. The summed E-state index contributed by atoms with van der Waals surface area (Å²) in [6.07, 6.45) is 6.36. The van der Waals surface area contributed by atoms with E-state index >= 15 is 0 Å². The highest BCUT2D eigenvalue weighted by molar-refractivity contribution is 5.92. The monoisotopic (exact) mass is 246 g/mol. The topological polar surface area (TPSA) is 83.8 Å². The smallest absolute Gasteiger partial charge is 0.273 e. The fourth-order valence-corrected chi connectivity index (χ4v) is 1.78. The van der Waals surface area contributed by atoms with Crippen molar-refractivity contribution in [2.24, 2.45) is 0 Å². The van der Waals surface area contributed by atoms with Crippen LogP contribution < -0.4 is 5.32 Å². The Bertz CT molecular complexity index is 528. The van der Waals surface area contributed by atoms with Gasteiger partial charge in [0.15, 0.2) is 5.69 Å². The number of nitrogens with one attached hydrogen (secondary N) is 2. The molecule has 0 bridgehead atoms. The van der Waals surface area contributed by atoms with Gasteiger partial charge in [0.1, 0.15) is 5.76 Å². The minimum atomic E-state index is -0.190. The number of hydrogen-bond donors (Lipinski definition) is 2. The summed E-state index contributed by atoms with van der Waals surface area (Å²) < 4.78 is 5.13. The molecule has 0 unspecified atom stereocenters. The standard InChI is InChI=1S/C12H14N4O2/c17-12(14-4-3-9-6-13-7-15-9)10-5-11(18-16-10)8-1-2-8/h5-8H,1-4H2,(H,13,15)(H,14,17). The lowest BCUT2D eigenvalue weighted by molar-refractivity contribution is 0.0945. The van der Waals surface area contributed by atoms with Crippen molar-refractivity contribution in [3.05, 3.63) is 35.7 Å². The highest BCUT2D eigenvalue weighted by Crippen LogP contribution is 2.40. The number of aromatic amines is 1.